The van der Waals surface area contributed by atoms with Gasteiger partial charge in [0.25, 0.3) is 0 Å². The van der Waals surface area contributed by atoms with Crippen LogP contribution in [0.1, 0.15) is 87.0 Å². The summed E-state index contributed by atoms with van der Waals surface area (Å²) in [6, 6.07) is -0.782. The summed E-state index contributed by atoms with van der Waals surface area (Å²) in [4.78, 5) is 51.9. The number of aliphatic hydroxyl groups is 3. The lowest BCUT2D eigenvalue weighted by Crippen LogP contribution is -2.66. The van der Waals surface area contributed by atoms with Gasteiger partial charge in [-0.15, -0.1) is 0 Å². The summed E-state index contributed by atoms with van der Waals surface area (Å²) in [5.41, 5.74) is -1.49. The number of cyclic esters (lactones) is 1. The predicted octanol–water partition coefficient (Wildman–Crippen LogP) is 1.59. The first kappa shape index (κ1) is 47.1. The maximum absolute atomic E-state index is 13.3. The third kappa shape index (κ3) is 12.5. The maximum atomic E-state index is 13.3. The normalized spacial score (nSPS) is 44.0. The monoisotopic (exact) mass is 815 g/mol. The van der Waals surface area contributed by atoms with E-state index in [0.29, 0.717) is 12.7 Å². The minimum atomic E-state index is -1.49. The molecular formula is C40H65NO16. The molecule has 0 radical (unpaired) electrons. The van der Waals surface area contributed by atoms with Gasteiger partial charge >= 0.3 is 17.9 Å². The summed E-state index contributed by atoms with van der Waals surface area (Å²) in [7, 11) is 4.84. The number of likely N-dealkylation sites (N-methyl/N-ethyl adjacent to an activating group) is 1. The molecule has 4 aliphatic heterocycles. The van der Waals surface area contributed by atoms with Gasteiger partial charge in [-0.25, -0.2) is 0 Å². The van der Waals surface area contributed by atoms with Crippen molar-refractivity contribution in [1.29, 1.82) is 0 Å². The van der Waals surface area contributed by atoms with Gasteiger partial charge in [0.15, 0.2) is 18.7 Å². The third-order valence-electron chi connectivity index (χ3n) is 11.3. The Morgan fingerprint density at radius 3 is 2.28 bits per heavy atom. The molecule has 4 aliphatic rings. The Labute approximate surface area is 335 Å². The second kappa shape index (κ2) is 20.6. The zero-order valence-corrected chi connectivity index (χ0v) is 34.9. The highest BCUT2D eigenvalue weighted by Crippen LogP contribution is 2.38. The van der Waals surface area contributed by atoms with Crippen LogP contribution >= 0.6 is 0 Å². The Hall–Kier alpha value is -2.58. The van der Waals surface area contributed by atoms with Gasteiger partial charge in [-0.1, -0.05) is 26.0 Å². The van der Waals surface area contributed by atoms with E-state index in [-0.39, 0.29) is 37.9 Å². The molecule has 326 valence electrons. The first-order valence-electron chi connectivity index (χ1n) is 20.0. The molecule has 9 unspecified atom stereocenters. The van der Waals surface area contributed by atoms with Gasteiger partial charge in [0.1, 0.15) is 48.5 Å². The first-order chi connectivity index (χ1) is 26.8. The Morgan fingerprint density at radius 2 is 1.68 bits per heavy atom. The largest absolute Gasteiger partial charge is 0.462 e. The van der Waals surface area contributed by atoms with Crippen LogP contribution in [-0.2, 0) is 61.8 Å². The maximum Gasteiger partial charge on any atom is 0.309 e. The second-order valence-electron chi connectivity index (χ2n) is 16.4. The van der Waals surface area contributed by atoms with Crippen molar-refractivity contribution in [1.82, 2.24) is 4.90 Å². The highest BCUT2D eigenvalue weighted by Gasteiger charge is 2.53. The van der Waals surface area contributed by atoms with Crippen molar-refractivity contribution in [2.45, 2.75) is 184 Å². The number of hydrogen-bond donors (Lipinski definition) is 3. The van der Waals surface area contributed by atoms with E-state index in [1.165, 1.54) is 14.0 Å². The summed E-state index contributed by atoms with van der Waals surface area (Å²) < 4.78 is 54.1. The van der Waals surface area contributed by atoms with E-state index in [1.54, 1.807) is 65.8 Å². The predicted molar refractivity (Wildman–Crippen MR) is 200 cm³/mol. The summed E-state index contributed by atoms with van der Waals surface area (Å²) in [6.45, 7) is 11.4. The first-order valence-corrected chi connectivity index (χ1v) is 20.0. The van der Waals surface area contributed by atoms with E-state index >= 15 is 0 Å². The Balaban J connectivity index is 1.65. The minimum absolute atomic E-state index is 0.0460. The fourth-order valence-electron chi connectivity index (χ4n) is 8.32. The van der Waals surface area contributed by atoms with Crippen LogP contribution in [0, 0.1) is 11.8 Å². The van der Waals surface area contributed by atoms with Crippen LogP contribution < -0.4 is 0 Å². The molecule has 0 aliphatic carbocycles. The summed E-state index contributed by atoms with van der Waals surface area (Å²) in [6.07, 6.45) is -8.10. The van der Waals surface area contributed by atoms with Crippen molar-refractivity contribution in [3.05, 3.63) is 12.2 Å². The van der Waals surface area contributed by atoms with Crippen LogP contribution in [0.5, 0.6) is 0 Å². The highest BCUT2D eigenvalue weighted by atomic mass is 16.7. The van der Waals surface area contributed by atoms with E-state index in [2.05, 4.69) is 0 Å². The Morgan fingerprint density at radius 1 is 0.982 bits per heavy atom. The van der Waals surface area contributed by atoms with E-state index < -0.39 is 121 Å². The molecule has 57 heavy (non-hydrogen) atoms. The van der Waals surface area contributed by atoms with Crippen LogP contribution in [0.4, 0.5) is 0 Å². The fourth-order valence-corrected chi connectivity index (χ4v) is 8.32. The molecule has 4 heterocycles. The minimum Gasteiger partial charge on any atom is -0.462 e. The highest BCUT2D eigenvalue weighted by molar-refractivity contribution is 5.72. The number of ether oxygens (including phenoxy) is 9. The number of nitrogens with zero attached hydrogens (tertiary/aromatic N) is 1. The Bertz CT molecular complexity index is 1380. The van der Waals surface area contributed by atoms with E-state index in [0.717, 1.165) is 0 Å². The average molecular weight is 816 g/mol. The van der Waals surface area contributed by atoms with Crippen molar-refractivity contribution >= 4 is 24.2 Å². The SMILES string of the molecule is CCC(=O)OC1C(C)OC(OC2C(C)OC(O[C@H]3[C@@H](CC=O)C[C@@H](C)[C@@H](O)/C=C/[C@H]4O[C@H]4C[C@@H](C)OC(=O)C[C@@H](OC(C)=O)[C@H]3OC)C(O)C2N(C)C)CC1(C)O. The van der Waals surface area contributed by atoms with Gasteiger partial charge in [-0.2, -0.15) is 0 Å². The molecule has 0 spiro atoms. The molecule has 0 aromatic carbocycles. The van der Waals surface area contributed by atoms with Gasteiger partial charge in [-0.05, 0) is 60.0 Å². The molecule has 4 rings (SSSR count). The summed E-state index contributed by atoms with van der Waals surface area (Å²) in [5, 5.41) is 34.5. The molecule has 17 nitrogen and oxygen atoms in total. The number of fused-ring (bicyclic) bond motifs is 1. The van der Waals surface area contributed by atoms with Crippen LogP contribution in [0.25, 0.3) is 0 Å². The smallest absolute Gasteiger partial charge is 0.309 e. The summed E-state index contributed by atoms with van der Waals surface area (Å²) >= 11 is 0. The van der Waals surface area contributed by atoms with Crippen LogP contribution in [0.15, 0.2) is 12.2 Å². The third-order valence-corrected chi connectivity index (χ3v) is 11.3. The number of methoxy groups -OCH3 is 1. The lowest BCUT2D eigenvalue weighted by atomic mass is 9.82. The van der Waals surface area contributed by atoms with Gasteiger partial charge in [0, 0.05) is 39.7 Å². The number of esters is 3. The van der Waals surface area contributed by atoms with Crippen LogP contribution in [0.3, 0.4) is 0 Å². The number of hydrogen-bond acceptors (Lipinski definition) is 17. The van der Waals surface area contributed by atoms with Gasteiger partial charge in [0.05, 0.1) is 43.0 Å². The summed E-state index contributed by atoms with van der Waals surface area (Å²) in [5.74, 6) is -2.95. The number of carbonyl (C=O) groups is 4. The topological polar surface area (TPSA) is 219 Å². The van der Waals surface area contributed by atoms with Crippen LogP contribution in [-0.4, -0.2) is 163 Å². The number of aliphatic hydroxyl groups excluding tert-OH is 2. The standard InChI is InChI=1S/C40H65NO16/c1-11-30(45)55-38-23(5)51-32(19-40(38,7)48)56-35-22(4)52-39(34(47)33(35)41(8)9)57-36-25(14-15-42)16-20(2)26(44)12-13-27-28(54-27)17-21(3)50-31(46)18-29(37(36)49-10)53-24(6)43/h12-13,15,20-23,25-29,32-39,44,47-48H,11,14,16-19H2,1-10H3/b13-12+/t20-,21-,22?,23?,25+,26+,27-,28+,29-,32?,33?,34?,35?,36+,37-,38?,39?,40?/m1/s1. The number of aldehydes is 1. The number of carbonyl (C=O) groups excluding carboxylic acids is 4. The van der Waals surface area contributed by atoms with Gasteiger partial charge in [-0.3, -0.25) is 14.4 Å². The van der Waals surface area contributed by atoms with Gasteiger partial charge in [0.2, 0.25) is 0 Å². The zero-order valence-electron chi connectivity index (χ0n) is 34.9. The quantitative estimate of drug-likeness (QED) is 0.0887. The molecule has 17 heteroatoms. The molecule has 3 N–H and O–H groups in total. The van der Waals surface area contributed by atoms with Gasteiger partial charge < -0.3 is 67.6 Å². The van der Waals surface area contributed by atoms with Crippen molar-refractivity contribution in [3.8, 4) is 0 Å². The van der Waals surface area contributed by atoms with Crippen LogP contribution in [0.2, 0.25) is 0 Å². The zero-order chi connectivity index (χ0) is 42.4. The van der Waals surface area contributed by atoms with E-state index in [9.17, 15) is 34.5 Å². The average Bonchev–Trinajstić information content (AvgIpc) is 3.86. The lowest BCUT2D eigenvalue weighted by Gasteiger charge is -2.50. The molecule has 3 fully saturated rings. The van der Waals surface area contributed by atoms with Crippen molar-refractivity contribution in [2.75, 3.05) is 21.2 Å². The number of rotatable bonds is 11. The molecule has 0 amide bonds. The number of epoxide rings is 1. The molecule has 18 atom stereocenters. The van der Waals surface area contributed by atoms with E-state index in [4.69, 9.17) is 42.6 Å². The van der Waals surface area contributed by atoms with E-state index in [1.807, 2.05) is 6.92 Å². The molecule has 0 bridgehead atoms. The molecule has 0 aromatic heterocycles. The lowest BCUT2D eigenvalue weighted by molar-refractivity contribution is -0.344. The molecular weight excluding hydrogens is 750 g/mol. The molecule has 0 aromatic rings. The Kier molecular flexibility index (Phi) is 17.0. The van der Waals surface area contributed by atoms with Crippen molar-refractivity contribution < 1.29 is 77.1 Å². The fraction of sp³-hybridized carbons (Fsp3) is 0.850. The molecule has 0 saturated carbocycles. The van der Waals surface area contributed by atoms with Crippen molar-refractivity contribution in [3.63, 3.8) is 0 Å². The molecule has 3 saturated heterocycles. The second-order valence-corrected chi connectivity index (χ2v) is 16.4. The van der Waals surface area contributed by atoms with Crippen molar-refractivity contribution in [2.24, 2.45) is 11.8 Å².